The van der Waals surface area contributed by atoms with Gasteiger partial charge in [-0.05, 0) is 29.0 Å². The molecule has 0 saturated heterocycles. The molecule has 350 valence electrons. The summed E-state index contributed by atoms with van der Waals surface area (Å²) in [7, 11) is 0. The first-order valence-electron chi connectivity index (χ1n) is 28.7. The van der Waals surface area contributed by atoms with E-state index >= 15 is 0 Å². The number of hydrogen-bond donors (Lipinski definition) is 0. The molecule has 0 spiro atoms. The molecule has 72 heavy (non-hydrogen) atoms. The van der Waals surface area contributed by atoms with Crippen molar-refractivity contribution >= 4 is 32.8 Å². The van der Waals surface area contributed by atoms with Gasteiger partial charge in [0.1, 0.15) is 0 Å². The fraction of sp³-hybridized carbons (Fsp3) is 0.0909. The van der Waals surface area contributed by atoms with Gasteiger partial charge in [0, 0.05) is 11.8 Å². The molecule has 12 aromatic rings. The van der Waals surface area contributed by atoms with Crippen molar-refractivity contribution in [3.63, 3.8) is 0 Å². The fourth-order valence-electron chi connectivity index (χ4n) is 10.3. The molecule has 0 radical (unpaired) electrons. The van der Waals surface area contributed by atoms with Crippen LogP contribution in [0.15, 0.2) is 206 Å². The quantitative estimate of drug-likeness (QED) is 0.142. The average molecular weight is 1120 g/mol. The maximum atomic E-state index is 9.50. The van der Waals surface area contributed by atoms with Crippen LogP contribution in [0, 0.1) is 22.9 Å². The maximum absolute atomic E-state index is 9.50. The van der Waals surface area contributed by atoms with E-state index in [-0.39, 0.29) is 33.4 Å². The predicted molar refractivity (Wildman–Crippen MR) is 290 cm³/mol. The van der Waals surface area contributed by atoms with Gasteiger partial charge >= 0.3 is 348 Å². The van der Waals surface area contributed by atoms with E-state index in [4.69, 9.17) is 17.9 Å². The van der Waals surface area contributed by atoms with Gasteiger partial charge in [-0.2, -0.15) is 0 Å². The summed E-state index contributed by atoms with van der Waals surface area (Å²) in [5, 5.41) is 2.01. The Labute approximate surface area is 444 Å². The topological polar surface area (TPSA) is 36.9 Å². The van der Waals surface area contributed by atoms with Crippen LogP contribution in [0.2, 0.25) is 0 Å². The van der Waals surface area contributed by atoms with Crippen molar-refractivity contribution < 1.29 is 37.8 Å². The molecule has 5 nitrogen and oxygen atoms in total. The van der Waals surface area contributed by atoms with Crippen LogP contribution in [0.5, 0.6) is 11.5 Å². The molecule has 1 aliphatic rings. The van der Waals surface area contributed by atoms with Crippen LogP contribution in [0.1, 0.15) is 56.7 Å². The molecule has 3 aromatic heterocycles. The number of para-hydroxylation sites is 3. The van der Waals surface area contributed by atoms with Crippen molar-refractivity contribution in [3.8, 4) is 73.2 Å². The van der Waals surface area contributed by atoms with Crippen LogP contribution in [-0.2, 0) is 31.2 Å². The van der Waals surface area contributed by atoms with E-state index in [1.54, 1.807) is 0 Å². The number of pyridine rings is 1. The summed E-state index contributed by atoms with van der Waals surface area (Å²) in [4.78, 5) is 5.06. The van der Waals surface area contributed by atoms with E-state index in [1.165, 1.54) is 5.56 Å². The Hall–Kier alpha value is -8.11. The zero-order valence-electron chi connectivity index (χ0n) is 49.6. The Bertz CT molecular complexity index is 4730. The van der Waals surface area contributed by atoms with Crippen molar-refractivity contribution in [1.29, 1.82) is 0 Å². The summed E-state index contributed by atoms with van der Waals surface area (Å²) in [6, 6.07) is 47.6. The van der Waals surface area contributed by atoms with Crippen LogP contribution < -0.4 is 4.74 Å². The number of rotatable bonds is 8. The van der Waals surface area contributed by atoms with Gasteiger partial charge in [0.05, 0.1) is 0 Å². The third-order valence-electron chi connectivity index (χ3n) is 13.7. The first kappa shape index (κ1) is 34.3. The van der Waals surface area contributed by atoms with Gasteiger partial charge in [0.15, 0.2) is 0 Å². The van der Waals surface area contributed by atoms with E-state index in [2.05, 4.69) is 106 Å². The number of ether oxygens (including phenoxy) is 1. The van der Waals surface area contributed by atoms with E-state index in [9.17, 15) is 5.48 Å². The average Bonchev–Trinajstić information content (AvgIpc) is 2.22. The van der Waals surface area contributed by atoms with Gasteiger partial charge in [-0.1, -0.05) is 57.2 Å². The monoisotopic (exact) mass is 1120 g/mol. The van der Waals surface area contributed by atoms with Gasteiger partial charge in [-0.15, -0.1) is 0 Å². The summed E-state index contributed by atoms with van der Waals surface area (Å²) in [6.45, 7) is 8.73. The number of hydrogen-bond acceptors (Lipinski definition) is 2. The number of aromatic nitrogens is 4. The Morgan fingerprint density at radius 3 is 2.01 bits per heavy atom. The molecule has 0 saturated carbocycles. The SMILES string of the molecule is [2H]c1c([2H])c([2H])c(-c2cc3c(c(-c4c([2H])c([2H])c([2H])c([2H])c4[2H])c2-n2[c](=[Pt])n(-c4[c-]c(Oc5[c-]c6c(cc5)c5ccccc5n6-c5cc(C)c(-c6ccc(C(C)(C)C)cc6)cn5)ccc4)c4ccccc42)Cc2ccccc2-3)c([2H])c1[2H]. The zero-order chi connectivity index (χ0) is 57.4. The molecule has 0 N–H and O–H groups in total. The number of fused-ring (bicyclic) bond motifs is 7. The number of benzene rings is 9. The first-order valence-corrected chi connectivity index (χ1v) is 24.8. The van der Waals surface area contributed by atoms with Crippen molar-refractivity contribution in [2.45, 2.75) is 39.5 Å². The third kappa shape index (κ3) is 7.33. The molecule has 0 atom stereocenters. The molecule has 3 heterocycles. The number of aryl methyl sites for hydroxylation is 1. The van der Waals surface area contributed by atoms with Gasteiger partial charge in [0.25, 0.3) is 0 Å². The van der Waals surface area contributed by atoms with Crippen LogP contribution in [0.3, 0.4) is 0 Å². The molecule has 1 aliphatic carbocycles. The third-order valence-corrected chi connectivity index (χ3v) is 14.7. The summed E-state index contributed by atoms with van der Waals surface area (Å²) < 4.78 is 104. The summed E-state index contributed by atoms with van der Waals surface area (Å²) in [5.41, 5.74) is 11.7. The Morgan fingerprint density at radius 1 is 0.583 bits per heavy atom. The molecule has 9 aromatic carbocycles. The van der Waals surface area contributed by atoms with Crippen molar-refractivity contribution in [2.24, 2.45) is 0 Å². The second kappa shape index (κ2) is 17.3. The fourth-order valence-corrected chi connectivity index (χ4v) is 11.4. The molecule has 0 unspecified atom stereocenters. The second-order valence-electron chi connectivity index (χ2n) is 19.0. The van der Waals surface area contributed by atoms with Crippen molar-refractivity contribution in [3.05, 3.63) is 244 Å². The zero-order valence-corrected chi connectivity index (χ0v) is 41.8. The minimum absolute atomic E-state index is 0.0369. The van der Waals surface area contributed by atoms with E-state index in [1.807, 2.05) is 112 Å². The normalized spacial score (nSPS) is 14.1. The molecule has 0 amide bonds. The van der Waals surface area contributed by atoms with Crippen LogP contribution in [0.4, 0.5) is 0 Å². The Morgan fingerprint density at radius 2 is 1.26 bits per heavy atom. The molecule has 0 aliphatic heterocycles. The second-order valence-corrected chi connectivity index (χ2v) is 20.0. The van der Waals surface area contributed by atoms with Crippen LogP contribution >= 0.6 is 0 Å². The van der Waals surface area contributed by atoms with E-state index in [0.717, 1.165) is 55.4 Å². The summed E-state index contributed by atoms with van der Waals surface area (Å²) in [6.07, 6.45) is 2.25. The van der Waals surface area contributed by atoms with Crippen LogP contribution in [0.25, 0.3) is 94.5 Å². The van der Waals surface area contributed by atoms with Crippen molar-refractivity contribution in [1.82, 2.24) is 18.7 Å². The standard InChI is InChI=1S/C66H48N4O.Pt/c1-43-36-63(67-41-58(43)45-30-32-48(33-31-45)66(2,3)4)70-59-27-14-13-26-53(59)54-35-34-51(39-62(54)70)71-50-24-17-23-49(38-50)68-42-69(61-29-16-15-28-60(61)68)65-55(44-18-7-5-8-19-44)40-56-52-25-12-11-22-47(52)37-57(56)64(65)46-20-9-6-10-21-46;/h5-36,40-41H,37H2,1-4H3;/q-2;/i5D,6D,7D,8D,9D,10D,18D,19D,20D,21D;. The predicted octanol–water partition coefficient (Wildman–Crippen LogP) is 16.6. The molecular weight excluding hydrogens is 1060 g/mol. The molecule has 0 fully saturated rings. The van der Waals surface area contributed by atoms with Crippen molar-refractivity contribution in [2.75, 3.05) is 0 Å². The first-order chi connectivity index (χ1) is 39.3. The summed E-state index contributed by atoms with van der Waals surface area (Å²) in [5.74, 6) is 1.55. The van der Waals surface area contributed by atoms with Gasteiger partial charge in [0.2, 0.25) is 0 Å². The molecule has 6 heteroatoms. The minimum atomic E-state index is -0.565. The molecule has 13 rings (SSSR count). The Kier molecular flexibility index (Phi) is 8.25. The van der Waals surface area contributed by atoms with Gasteiger partial charge in [-0.25, -0.2) is 0 Å². The number of nitrogens with zero attached hydrogens (tertiary/aromatic N) is 4. The van der Waals surface area contributed by atoms with E-state index in [0.29, 0.717) is 49.6 Å². The van der Waals surface area contributed by atoms with Gasteiger partial charge in [-0.3, -0.25) is 0 Å². The molecular formula is C66H48N4OPt-2. The van der Waals surface area contributed by atoms with E-state index < -0.39 is 60.4 Å². The van der Waals surface area contributed by atoms with Gasteiger partial charge < -0.3 is 0 Å². The Balaban J connectivity index is 0.989. The van der Waals surface area contributed by atoms with Crippen LogP contribution in [-0.4, -0.2) is 18.7 Å². The number of imidazole rings is 1. The molecule has 0 bridgehead atoms. The summed E-state index contributed by atoms with van der Waals surface area (Å²) >= 11 is 2.19.